The highest BCUT2D eigenvalue weighted by atomic mass is 35.5. The van der Waals surface area contributed by atoms with Gasteiger partial charge in [-0.05, 0) is 25.3 Å². The number of halogens is 1. The van der Waals surface area contributed by atoms with Crippen molar-refractivity contribution in [3.8, 4) is 0 Å². The topological polar surface area (TPSA) is 98.5 Å². The molecule has 112 valence electrons. The summed E-state index contributed by atoms with van der Waals surface area (Å²) >= 11 is 5.86. The molecule has 0 spiro atoms. The van der Waals surface area contributed by atoms with Crippen molar-refractivity contribution in [3.05, 3.63) is 38.9 Å². The van der Waals surface area contributed by atoms with Crippen LogP contribution in [0, 0.1) is 10.1 Å². The van der Waals surface area contributed by atoms with E-state index in [2.05, 4.69) is 5.32 Å². The van der Waals surface area contributed by atoms with E-state index in [0.717, 1.165) is 18.9 Å². The van der Waals surface area contributed by atoms with Gasteiger partial charge in [0, 0.05) is 18.7 Å². The van der Waals surface area contributed by atoms with Crippen LogP contribution in [-0.4, -0.2) is 29.4 Å². The van der Waals surface area contributed by atoms with E-state index in [0.29, 0.717) is 13.0 Å². The molecule has 1 amide bonds. The van der Waals surface area contributed by atoms with Crippen molar-refractivity contribution in [3.63, 3.8) is 0 Å². The summed E-state index contributed by atoms with van der Waals surface area (Å²) < 4.78 is 5.13. The molecule has 0 aliphatic carbocycles. The molecular weight excluding hydrogens is 300 g/mol. The average molecular weight is 313 g/mol. The Morgan fingerprint density at radius 1 is 1.43 bits per heavy atom. The van der Waals surface area contributed by atoms with Gasteiger partial charge in [-0.1, -0.05) is 11.6 Å². The van der Waals surface area contributed by atoms with Crippen LogP contribution in [-0.2, 0) is 9.53 Å². The van der Waals surface area contributed by atoms with Gasteiger partial charge in [0.2, 0.25) is 0 Å². The van der Waals surface area contributed by atoms with Crippen LogP contribution in [0.2, 0.25) is 5.02 Å². The SMILES string of the molecule is O=C(OC1CCCCNC1=O)c1cc([N+](=O)[O-])ccc1Cl. The normalized spacial score (nSPS) is 18.5. The molecule has 1 aliphatic rings. The lowest BCUT2D eigenvalue weighted by atomic mass is 10.1. The van der Waals surface area contributed by atoms with Gasteiger partial charge in [0.25, 0.3) is 11.6 Å². The van der Waals surface area contributed by atoms with Crippen molar-refractivity contribution >= 4 is 29.2 Å². The number of nitro benzene ring substituents is 1. The molecule has 1 saturated heterocycles. The minimum absolute atomic E-state index is 0.0413. The number of benzene rings is 1. The van der Waals surface area contributed by atoms with Crippen molar-refractivity contribution in [2.45, 2.75) is 25.4 Å². The number of rotatable bonds is 3. The summed E-state index contributed by atoms with van der Waals surface area (Å²) in [5.74, 6) is -1.20. The minimum atomic E-state index is -0.893. The molecule has 0 aromatic heterocycles. The maximum Gasteiger partial charge on any atom is 0.340 e. The van der Waals surface area contributed by atoms with Crippen LogP contribution in [0.25, 0.3) is 0 Å². The van der Waals surface area contributed by atoms with Crippen LogP contribution in [0.15, 0.2) is 18.2 Å². The summed E-state index contributed by atoms with van der Waals surface area (Å²) in [6.45, 7) is 0.546. The summed E-state index contributed by atoms with van der Waals surface area (Å²) in [5.41, 5.74) is -0.389. The Morgan fingerprint density at radius 3 is 2.90 bits per heavy atom. The molecule has 1 atom stereocenters. The first-order valence-corrected chi connectivity index (χ1v) is 6.79. The van der Waals surface area contributed by atoms with Crippen LogP contribution in [0.3, 0.4) is 0 Å². The second-order valence-corrected chi connectivity index (χ2v) is 5.01. The molecule has 0 bridgehead atoms. The number of amides is 1. The van der Waals surface area contributed by atoms with Gasteiger partial charge in [-0.3, -0.25) is 14.9 Å². The first-order chi connectivity index (χ1) is 9.99. The number of non-ortho nitro benzene ring substituents is 1. The zero-order chi connectivity index (χ0) is 15.4. The van der Waals surface area contributed by atoms with E-state index in [9.17, 15) is 19.7 Å². The monoisotopic (exact) mass is 312 g/mol. The number of hydrogen-bond donors (Lipinski definition) is 1. The van der Waals surface area contributed by atoms with Crippen LogP contribution in [0.4, 0.5) is 5.69 Å². The van der Waals surface area contributed by atoms with Crippen molar-refractivity contribution in [2.75, 3.05) is 6.54 Å². The minimum Gasteiger partial charge on any atom is -0.449 e. The first kappa shape index (κ1) is 15.2. The number of hydrogen-bond acceptors (Lipinski definition) is 5. The maximum atomic E-state index is 12.1. The van der Waals surface area contributed by atoms with Crippen LogP contribution in [0.1, 0.15) is 29.6 Å². The fourth-order valence-electron chi connectivity index (χ4n) is 2.00. The fourth-order valence-corrected chi connectivity index (χ4v) is 2.19. The molecule has 2 rings (SSSR count). The Hall–Kier alpha value is -2.15. The lowest BCUT2D eigenvalue weighted by molar-refractivity contribution is -0.384. The Kier molecular flexibility index (Phi) is 4.74. The summed E-state index contributed by atoms with van der Waals surface area (Å²) in [4.78, 5) is 33.9. The third-order valence-electron chi connectivity index (χ3n) is 3.11. The summed E-state index contributed by atoms with van der Waals surface area (Å²) in [7, 11) is 0. The lowest BCUT2D eigenvalue weighted by Gasteiger charge is -2.14. The zero-order valence-corrected chi connectivity index (χ0v) is 11.8. The van der Waals surface area contributed by atoms with E-state index in [4.69, 9.17) is 16.3 Å². The molecule has 0 saturated carbocycles. The van der Waals surface area contributed by atoms with Gasteiger partial charge >= 0.3 is 5.97 Å². The van der Waals surface area contributed by atoms with Gasteiger partial charge in [0.15, 0.2) is 6.10 Å². The largest absolute Gasteiger partial charge is 0.449 e. The third-order valence-corrected chi connectivity index (χ3v) is 3.44. The number of carbonyl (C=O) groups excluding carboxylic acids is 2. The lowest BCUT2D eigenvalue weighted by Crippen LogP contribution is -2.36. The van der Waals surface area contributed by atoms with E-state index in [1.54, 1.807) is 0 Å². The van der Waals surface area contributed by atoms with E-state index >= 15 is 0 Å². The highest BCUT2D eigenvalue weighted by Gasteiger charge is 2.26. The molecule has 1 unspecified atom stereocenters. The highest BCUT2D eigenvalue weighted by molar-refractivity contribution is 6.33. The van der Waals surface area contributed by atoms with E-state index in [1.165, 1.54) is 12.1 Å². The molecule has 1 aromatic carbocycles. The number of nitrogens with zero attached hydrogens (tertiary/aromatic N) is 1. The number of esters is 1. The Morgan fingerprint density at radius 2 is 2.19 bits per heavy atom. The molecule has 1 fully saturated rings. The zero-order valence-electron chi connectivity index (χ0n) is 11.0. The number of carbonyl (C=O) groups is 2. The van der Waals surface area contributed by atoms with Crippen molar-refractivity contribution < 1.29 is 19.2 Å². The van der Waals surface area contributed by atoms with Crippen molar-refractivity contribution in [1.82, 2.24) is 5.32 Å². The average Bonchev–Trinajstić information content (AvgIpc) is 2.64. The summed E-state index contributed by atoms with van der Waals surface area (Å²) in [6, 6.07) is 3.49. The maximum absolute atomic E-state index is 12.1. The molecule has 1 heterocycles. The number of nitro groups is 1. The van der Waals surface area contributed by atoms with Gasteiger partial charge in [0.05, 0.1) is 15.5 Å². The second kappa shape index (κ2) is 6.53. The fraction of sp³-hybridized carbons (Fsp3) is 0.385. The van der Waals surface area contributed by atoms with E-state index in [1.807, 2.05) is 0 Å². The quantitative estimate of drug-likeness (QED) is 0.523. The van der Waals surface area contributed by atoms with Gasteiger partial charge in [0.1, 0.15) is 0 Å². The van der Waals surface area contributed by atoms with Gasteiger partial charge < -0.3 is 10.1 Å². The summed E-state index contributed by atoms with van der Waals surface area (Å²) in [6.07, 6.45) is 1.09. The van der Waals surface area contributed by atoms with Gasteiger partial charge in [-0.2, -0.15) is 0 Å². The molecule has 1 aliphatic heterocycles. The Balaban J connectivity index is 2.17. The third kappa shape index (κ3) is 3.69. The molecule has 0 radical (unpaired) electrons. The van der Waals surface area contributed by atoms with E-state index in [-0.39, 0.29) is 22.2 Å². The molecule has 1 N–H and O–H groups in total. The highest BCUT2D eigenvalue weighted by Crippen LogP contribution is 2.23. The summed E-state index contributed by atoms with van der Waals surface area (Å²) in [5, 5.41) is 13.4. The molecule has 7 nitrogen and oxygen atoms in total. The molecular formula is C13H13ClN2O5. The van der Waals surface area contributed by atoms with Crippen LogP contribution in [0.5, 0.6) is 0 Å². The van der Waals surface area contributed by atoms with Crippen molar-refractivity contribution in [2.24, 2.45) is 0 Å². The predicted molar refractivity (Wildman–Crippen MR) is 74.2 cm³/mol. The second-order valence-electron chi connectivity index (χ2n) is 4.60. The number of ether oxygens (including phenoxy) is 1. The van der Waals surface area contributed by atoms with E-state index < -0.39 is 17.0 Å². The van der Waals surface area contributed by atoms with Crippen LogP contribution >= 0.6 is 11.6 Å². The van der Waals surface area contributed by atoms with Crippen molar-refractivity contribution in [1.29, 1.82) is 0 Å². The molecule has 8 heteroatoms. The molecule has 21 heavy (non-hydrogen) atoms. The van der Waals surface area contributed by atoms with Gasteiger partial charge in [-0.25, -0.2) is 4.79 Å². The Bertz CT molecular complexity index is 590. The molecule has 1 aromatic rings. The Labute approximate surface area is 125 Å². The number of nitrogens with one attached hydrogen (secondary N) is 1. The predicted octanol–water partition coefficient (Wildman–Crippen LogP) is 2.07. The van der Waals surface area contributed by atoms with Gasteiger partial charge in [-0.15, -0.1) is 0 Å². The van der Waals surface area contributed by atoms with Crippen LogP contribution < -0.4 is 5.32 Å². The first-order valence-electron chi connectivity index (χ1n) is 6.41. The standard InChI is InChI=1S/C13H13ClN2O5/c14-10-5-4-8(16(19)20)7-9(10)13(18)21-11-3-1-2-6-15-12(11)17/h4-5,7,11H,1-3,6H2,(H,15,17). The smallest absolute Gasteiger partial charge is 0.340 e.